The number of carbonyl (C=O) groups is 3. The molecule has 0 aromatic carbocycles. The van der Waals surface area contributed by atoms with E-state index in [4.69, 9.17) is 14.2 Å². The highest BCUT2D eigenvalue weighted by Gasteiger charge is 2.19. The van der Waals surface area contributed by atoms with Gasteiger partial charge < -0.3 is 19.1 Å². The molecule has 7 heteroatoms. The van der Waals surface area contributed by atoms with Crippen molar-refractivity contribution in [2.45, 2.75) is 200 Å². The molecule has 0 aliphatic carbocycles. The van der Waals surface area contributed by atoms with Crippen LogP contribution in [0.1, 0.15) is 194 Å². The van der Waals surface area contributed by atoms with Gasteiger partial charge in [-0.25, -0.2) is 0 Å². The van der Waals surface area contributed by atoms with Crippen molar-refractivity contribution in [2.24, 2.45) is 0 Å². The van der Waals surface area contributed by atoms with E-state index in [1.807, 2.05) is 19.0 Å². The number of ether oxygens (including phenoxy) is 3. The molecular formula is C43H79NO6. The number of rotatable bonds is 37. The van der Waals surface area contributed by atoms with Crippen LogP contribution < -0.4 is 0 Å². The molecule has 0 radical (unpaired) electrons. The molecular weight excluding hydrogens is 626 g/mol. The van der Waals surface area contributed by atoms with Crippen LogP contribution in [0.15, 0.2) is 24.3 Å². The molecule has 0 heterocycles. The minimum atomic E-state index is -0.786. The number of nitrogens with zero attached hydrogens (tertiary/aromatic N) is 1. The molecule has 1 atom stereocenters. The average Bonchev–Trinajstić information content (AvgIpc) is 3.09. The van der Waals surface area contributed by atoms with Crippen molar-refractivity contribution in [3.63, 3.8) is 0 Å². The summed E-state index contributed by atoms with van der Waals surface area (Å²) in [6.07, 6.45) is 38.6. The third-order valence-electron chi connectivity index (χ3n) is 8.96. The van der Waals surface area contributed by atoms with E-state index in [1.54, 1.807) is 0 Å². The van der Waals surface area contributed by atoms with Crippen LogP contribution in [-0.2, 0) is 28.6 Å². The second kappa shape index (κ2) is 38.1. The fourth-order valence-electron chi connectivity index (χ4n) is 5.78. The lowest BCUT2D eigenvalue weighted by atomic mass is 10.0. The van der Waals surface area contributed by atoms with Crippen LogP contribution in [0.4, 0.5) is 0 Å². The summed E-state index contributed by atoms with van der Waals surface area (Å²) in [5.74, 6) is -0.963. The molecule has 0 aromatic heterocycles. The summed E-state index contributed by atoms with van der Waals surface area (Å²) < 4.78 is 16.5. The minimum Gasteiger partial charge on any atom is -0.462 e. The third-order valence-corrected chi connectivity index (χ3v) is 8.96. The van der Waals surface area contributed by atoms with Gasteiger partial charge >= 0.3 is 17.9 Å². The molecule has 50 heavy (non-hydrogen) atoms. The third kappa shape index (κ3) is 37.1. The van der Waals surface area contributed by atoms with Gasteiger partial charge in [0.05, 0.1) is 0 Å². The quantitative estimate of drug-likeness (QED) is 0.0275. The van der Waals surface area contributed by atoms with E-state index in [9.17, 15) is 14.4 Å². The summed E-state index contributed by atoms with van der Waals surface area (Å²) in [6, 6.07) is 0. The normalized spacial score (nSPS) is 12.3. The maximum absolute atomic E-state index is 12.4. The van der Waals surface area contributed by atoms with E-state index in [-0.39, 0.29) is 37.5 Å². The lowest BCUT2D eigenvalue weighted by Crippen LogP contribution is -2.31. The molecule has 0 amide bonds. The zero-order valence-electron chi connectivity index (χ0n) is 33.2. The topological polar surface area (TPSA) is 82.1 Å². The first-order valence-electron chi connectivity index (χ1n) is 20.8. The van der Waals surface area contributed by atoms with Crippen molar-refractivity contribution >= 4 is 17.9 Å². The smallest absolute Gasteiger partial charge is 0.306 e. The van der Waals surface area contributed by atoms with Crippen LogP contribution in [-0.4, -0.2) is 62.8 Å². The molecule has 0 aliphatic rings. The van der Waals surface area contributed by atoms with Gasteiger partial charge in [0.2, 0.25) is 0 Å². The van der Waals surface area contributed by atoms with Gasteiger partial charge in [-0.15, -0.1) is 0 Å². The van der Waals surface area contributed by atoms with Crippen molar-refractivity contribution in [2.75, 3.05) is 33.9 Å². The number of hydrogen-bond acceptors (Lipinski definition) is 7. The summed E-state index contributed by atoms with van der Waals surface area (Å²) in [4.78, 5) is 39.3. The average molecular weight is 706 g/mol. The SMILES string of the molecule is CCCCC/C=C\C/C=C\CCCCCCCC(=O)OC[C@@H](COC(=O)CCCCCCCCCCCCCCC)OC(=O)CCCN(C)C. The lowest BCUT2D eigenvalue weighted by molar-refractivity contribution is -0.167. The predicted molar refractivity (Wildman–Crippen MR) is 209 cm³/mol. The Morgan fingerprint density at radius 1 is 0.480 bits per heavy atom. The number of carbonyl (C=O) groups excluding carboxylic acids is 3. The van der Waals surface area contributed by atoms with E-state index in [1.165, 1.54) is 96.3 Å². The summed E-state index contributed by atoms with van der Waals surface area (Å²) in [5.41, 5.74) is 0. The number of allylic oxidation sites excluding steroid dienone is 4. The highest BCUT2D eigenvalue weighted by molar-refractivity contribution is 5.71. The largest absolute Gasteiger partial charge is 0.462 e. The summed E-state index contributed by atoms with van der Waals surface area (Å²) >= 11 is 0. The van der Waals surface area contributed by atoms with E-state index >= 15 is 0 Å². The molecule has 0 rings (SSSR count). The fraction of sp³-hybridized carbons (Fsp3) is 0.837. The van der Waals surface area contributed by atoms with Crippen LogP contribution >= 0.6 is 0 Å². The first-order valence-corrected chi connectivity index (χ1v) is 20.8. The van der Waals surface area contributed by atoms with E-state index in [0.29, 0.717) is 19.3 Å². The molecule has 0 unspecified atom stereocenters. The van der Waals surface area contributed by atoms with Crippen LogP contribution in [0.25, 0.3) is 0 Å². The molecule has 0 spiro atoms. The first kappa shape index (κ1) is 47.8. The van der Waals surface area contributed by atoms with E-state index in [0.717, 1.165) is 64.3 Å². The molecule has 0 saturated carbocycles. The Hall–Kier alpha value is -2.15. The molecule has 0 bridgehead atoms. The van der Waals surface area contributed by atoms with E-state index in [2.05, 4.69) is 38.2 Å². The Kier molecular flexibility index (Phi) is 36.5. The van der Waals surface area contributed by atoms with Crippen LogP contribution in [0.2, 0.25) is 0 Å². The Morgan fingerprint density at radius 2 is 0.860 bits per heavy atom. The van der Waals surface area contributed by atoms with Gasteiger partial charge in [-0.05, 0) is 72.0 Å². The van der Waals surface area contributed by atoms with E-state index < -0.39 is 6.10 Å². The zero-order chi connectivity index (χ0) is 36.8. The molecule has 292 valence electrons. The number of hydrogen-bond donors (Lipinski definition) is 0. The second-order valence-corrected chi connectivity index (χ2v) is 14.4. The molecule has 0 aromatic rings. The first-order chi connectivity index (χ1) is 24.4. The molecule has 0 saturated heterocycles. The standard InChI is InChI=1S/C43H79NO6/c1-5-7-9-11-13-15-17-19-20-22-24-26-28-30-32-35-42(46)49-39-40(50-43(47)36-33-37-44(3)4)38-48-41(45)34-31-29-27-25-23-21-18-16-14-12-10-8-6-2/h13,15,19-20,40H,5-12,14,16-18,21-39H2,1-4H3/b15-13-,20-19-/t40-/m1/s1. The molecule has 0 aliphatic heterocycles. The Balaban J connectivity index is 4.17. The summed E-state index contributed by atoms with van der Waals surface area (Å²) in [6.45, 7) is 5.08. The Morgan fingerprint density at radius 3 is 1.32 bits per heavy atom. The van der Waals surface area contributed by atoms with Crippen molar-refractivity contribution in [1.82, 2.24) is 4.90 Å². The summed E-state index contributed by atoms with van der Waals surface area (Å²) in [5, 5.41) is 0. The van der Waals surface area contributed by atoms with Gasteiger partial charge in [0.15, 0.2) is 6.10 Å². The lowest BCUT2D eigenvalue weighted by Gasteiger charge is -2.18. The number of unbranched alkanes of at least 4 members (excludes halogenated alkanes) is 20. The fourth-order valence-corrected chi connectivity index (χ4v) is 5.78. The predicted octanol–water partition coefficient (Wildman–Crippen LogP) is 11.6. The van der Waals surface area contributed by atoms with Gasteiger partial charge in [-0.2, -0.15) is 0 Å². The number of esters is 3. The van der Waals surface area contributed by atoms with Crippen molar-refractivity contribution in [3.05, 3.63) is 24.3 Å². The van der Waals surface area contributed by atoms with Crippen molar-refractivity contribution in [1.29, 1.82) is 0 Å². The molecule has 0 fully saturated rings. The zero-order valence-corrected chi connectivity index (χ0v) is 33.2. The van der Waals surface area contributed by atoms with Gasteiger partial charge in [-0.1, -0.05) is 147 Å². The second-order valence-electron chi connectivity index (χ2n) is 14.4. The maximum Gasteiger partial charge on any atom is 0.306 e. The van der Waals surface area contributed by atoms with Gasteiger partial charge in [0.25, 0.3) is 0 Å². The molecule has 0 N–H and O–H groups in total. The maximum atomic E-state index is 12.4. The van der Waals surface area contributed by atoms with Gasteiger partial charge in [-0.3, -0.25) is 14.4 Å². The minimum absolute atomic E-state index is 0.0896. The monoisotopic (exact) mass is 706 g/mol. The van der Waals surface area contributed by atoms with Crippen molar-refractivity contribution in [3.8, 4) is 0 Å². The summed E-state index contributed by atoms with van der Waals surface area (Å²) in [7, 11) is 3.91. The van der Waals surface area contributed by atoms with Crippen LogP contribution in [0, 0.1) is 0 Å². The highest BCUT2D eigenvalue weighted by atomic mass is 16.6. The van der Waals surface area contributed by atoms with Crippen LogP contribution in [0.5, 0.6) is 0 Å². The van der Waals surface area contributed by atoms with Crippen molar-refractivity contribution < 1.29 is 28.6 Å². The van der Waals surface area contributed by atoms with Crippen LogP contribution in [0.3, 0.4) is 0 Å². The Labute approximate surface area is 308 Å². The molecule has 7 nitrogen and oxygen atoms in total. The van der Waals surface area contributed by atoms with Gasteiger partial charge in [0, 0.05) is 19.3 Å². The van der Waals surface area contributed by atoms with Gasteiger partial charge in [0.1, 0.15) is 13.2 Å². The highest BCUT2D eigenvalue weighted by Crippen LogP contribution is 2.14. The Bertz CT molecular complexity index is 839.